The molecule has 24 heavy (non-hydrogen) atoms. The number of pyridine rings is 1. The van der Waals surface area contributed by atoms with Crippen molar-refractivity contribution in [3.63, 3.8) is 0 Å². The number of nitrogens with zero attached hydrogens (tertiary/aromatic N) is 6. The second kappa shape index (κ2) is 7.02. The highest BCUT2D eigenvalue weighted by Crippen LogP contribution is 2.28. The first-order chi connectivity index (χ1) is 11.9. The zero-order valence-electron chi connectivity index (χ0n) is 13.0. The Labute approximate surface area is 142 Å². The van der Waals surface area contributed by atoms with E-state index < -0.39 is 0 Å². The Morgan fingerprint density at radius 1 is 1.29 bits per heavy atom. The number of ether oxygens (including phenoxy) is 1. The van der Waals surface area contributed by atoms with Gasteiger partial charge in [0, 0.05) is 11.3 Å². The van der Waals surface area contributed by atoms with Crippen LogP contribution in [0.25, 0.3) is 5.82 Å². The van der Waals surface area contributed by atoms with Crippen LogP contribution in [-0.2, 0) is 6.61 Å². The summed E-state index contributed by atoms with van der Waals surface area (Å²) in [6.45, 7) is 2.61. The number of hydrogen-bond donors (Lipinski definition) is 1. The summed E-state index contributed by atoms with van der Waals surface area (Å²) in [5.74, 6) is 1.93. The van der Waals surface area contributed by atoms with Gasteiger partial charge in [-0.3, -0.25) is 0 Å². The van der Waals surface area contributed by atoms with Gasteiger partial charge in [-0.2, -0.15) is 4.68 Å². The standard InChI is InChI=1S/C15H17N7OS/c1-2-14(22-10-18-20-21-22)17-7-13(1)23-8-12-9-24-15(19-12)11-3-5-16-6-4-11/h1-2,7,9-11,16H,3-6,8H2. The summed E-state index contributed by atoms with van der Waals surface area (Å²) in [6.07, 6.45) is 5.49. The number of aromatic nitrogens is 6. The number of hydrogen-bond acceptors (Lipinski definition) is 8. The zero-order chi connectivity index (χ0) is 16.2. The summed E-state index contributed by atoms with van der Waals surface area (Å²) >= 11 is 1.73. The molecule has 1 aliphatic rings. The highest BCUT2D eigenvalue weighted by molar-refractivity contribution is 7.09. The van der Waals surface area contributed by atoms with E-state index >= 15 is 0 Å². The maximum Gasteiger partial charge on any atom is 0.157 e. The molecule has 4 heterocycles. The van der Waals surface area contributed by atoms with Gasteiger partial charge in [0.05, 0.1) is 16.9 Å². The molecule has 9 heteroatoms. The molecule has 1 aliphatic heterocycles. The van der Waals surface area contributed by atoms with Crippen molar-refractivity contribution >= 4 is 11.3 Å². The molecule has 0 saturated carbocycles. The lowest BCUT2D eigenvalue weighted by molar-refractivity contribution is 0.300. The second-order valence-electron chi connectivity index (χ2n) is 5.60. The highest BCUT2D eigenvalue weighted by atomic mass is 32.1. The van der Waals surface area contributed by atoms with Gasteiger partial charge in [-0.25, -0.2) is 9.97 Å². The van der Waals surface area contributed by atoms with Crippen LogP contribution in [0.3, 0.4) is 0 Å². The zero-order valence-corrected chi connectivity index (χ0v) is 13.8. The third kappa shape index (κ3) is 3.41. The van der Waals surface area contributed by atoms with E-state index in [0.29, 0.717) is 24.1 Å². The molecule has 0 radical (unpaired) electrons. The average Bonchev–Trinajstić information content (AvgIpc) is 3.33. The average molecular weight is 343 g/mol. The van der Waals surface area contributed by atoms with Gasteiger partial charge in [0.1, 0.15) is 18.7 Å². The molecule has 4 rings (SSSR count). The lowest BCUT2D eigenvalue weighted by Gasteiger charge is -2.20. The molecular formula is C15H17N7OS. The fourth-order valence-electron chi connectivity index (χ4n) is 2.66. The van der Waals surface area contributed by atoms with Crippen LogP contribution in [0, 0.1) is 0 Å². The molecule has 0 unspecified atom stereocenters. The first-order valence-electron chi connectivity index (χ1n) is 7.86. The summed E-state index contributed by atoms with van der Waals surface area (Å²) in [7, 11) is 0. The number of rotatable bonds is 5. The quantitative estimate of drug-likeness (QED) is 0.752. The van der Waals surface area contributed by atoms with E-state index in [9.17, 15) is 0 Å². The van der Waals surface area contributed by atoms with E-state index in [1.165, 1.54) is 16.0 Å². The molecule has 0 bridgehead atoms. The van der Waals surface area contributed by atoms with Crippen LogP contribution < -0.4 is 10.1 Å². The van der Waals surface area contributed by atoms with Crippen molar-refractivity contribution in [2.45, 2.75) is 25.4 Å². The number of thiazole rings is 1. The van der Waals surface area contributed by atoms with Crippen molar-refractivity contribution in [3.8, 4) is 11.6 Å². The molecule has 0 atom stereocenters. The van der Waals surface area contributed by atoms with Crippen LogP contribution in [0.2, 0.25) is 0 Å². The summed E-state index contributed by atoms with van der Waals surface area (Å²) in [5, 5.41) is 17.7. The predicted molar refractivity (Wildman–Crippen MR) is 88.2 cm³/mol. The van der Waals surface area contributed by atoms with Crippen molar-refractivity contribution in [2.75, 3.05) is 13.1 Å². The van der Waals surface area contributed by atoms with Crippen LogP contribution in [0.5, 0.6) is 5.75 Å². The van der Waals surface area contributed by atoms with E-state index in [1.54, 1.807) is 17.5 Å². The number of nitrogens with one attached hydrogen (secondary N) is 1. The Morgan fingerprint density at radius 3 is 2.96 bits per heavy atom. The van der Waals surface area contributed by atoms with E-state index in [-0.39, 0.29) is 0 Å². The topological polar surface area (TPSA) is 90.6 Å². The molecule has 0 spiro atoms. The SMILES string of the molecule is c1cc(-n2cnnn2)ncc1OCc1csc(C2CCNCC2)n1. The molecule has 3 aromatic rings. The van der Waals surface area contributed by atoms with Gasteiger partial charge < -0.3 is 10.1 Å². The minimum atomic E-state index is 0.452. The number of piperidine rings is 1. The molecule has 0 amide bonds. The summed E-state index contributed by atoms with van der Waals surface area (Å²) < 4.78 is 7.27. The Bertz CT molecular complexity index is 765. The molecular weight excluding hydrogens is 326 g/mol. The van der Waals surface area contributed by atoms with Crippen molar-refractivity contribution in [2.24, 2.45) is 0 Å². The van der Waals surface area contributed by atoms with Gasteiger partial charge in [-0.15, -0.1) is 16.4 Å². The Kier molecular flexibility index (Phi) is 4.43. The first kappa shape index (κ1) is 15.2. The van der Waals surface area contributed by atoms with Crippen molar-refractivity contribution in [3.05, 3.63) is 40.7 Å². The van der Waals surface area contributed by atoms with Crippen LogP contribution in [0.4, 0.5) is 0 Å². The van der Waals surface area contributed by atoms with Gasteiger partial charge in [0.15, 0.2) is 5.82 Å². The Hall–Kier alpha value is -2.39. The van der Waals surface area contributed by atoms with Crippen molar-refractivity contribution in [1.29, 1.82) is 0 Å². The van der Waals surface area contributed by atoms with E-state index in [2.05, 4.69) is 31.2 Å². The normalized spacial score (nSPS) is 15.5. The third-order valence-electron chi connectivity index (χ3n) is 3.95. The van der Waals surface area contributed by atoms with Gasteiger partial charge >= 0.3 is 0 Å². The van der Waals surface area contributed by atoms with E-state index in [4.69, 9.17) is 9.72 Å². The molecule has 1 fully saturated rings. The van der Waals surface area contributed by atoms with Gasteiger partial charge in [0.2, 0.25) is 0 Å². The second-order valence-corrected chi connectivity index (χ2v) is 6.49. The molecule has 0 aromatic carbocycles. The predicted octanol–water partition coefficient (Wildman–Crippen LogP) is 1.56. The first-order valence-corrected chi connectivity index (χ1v) is 8.74. The van der Waals surface area contributed by atoms with Crippen LogP contribution in [0.15, 0.2) is 30.0 Å². The molecule has 1 saturated heterocycles. The minimum Gasteiger partial charge on any atom is -0.486 e. The maximum atomic E-state index is 5.77. The number of tetrazole rings is 1. The largest absolute Gasteiger partial charge is 0.486 e. The molecule has 124 valence electrons. The fraction of sp³-hybridized carbons (Fsp3) is 0.400. The molecule has 0 aliphatic carbocycles. The Balaban J connectivity index is 1.36. The molecule has 3 aromatic heterocycles. The van der Waals surface area contributed by atoms with Crippen LogP contribution in [0.1, 0.15) is 29.5 Å². The monoisotopic (exact) mass is 343 g/mol. The van der Waals surface area contributed by atoms with Crippen LogP contribution in [-0.4, -0.2) is 43.3 Å². The highest BCUT2D eigenvalue weighted by Gasteiger charge is 2.18. The van der Waals surface area contributed by atoms with Gasteiger partial charge in [-0.1, -0.05) is 0 Å². The lowest BCUT2D eigenvalue weighted by atomic mass is 9.99. The minimum absolute atomic E-state index is 0.452. The van der Waals surface area contributed by atoms with Crippen LogP contribution >= 0.6 is 11.3 Å². The smallest absolute Gasteiger partial charge is 0.157 e. The Morgan fingerprint density at radius 2 is 2.21 bits per heavy atom. The fourth-order valence-corrected chi connectivity index (χ4v) is 3.64. The third-order valence-corrected chi connectivity index (χ3v) is 5.01. The molecule has 1 N–H and O–H groups in total. The lowest BCUT2D eigenvalue weighted by Crippen LogP contribution is -2.26. The summed E-state index contributed by atoms with van der Waals surface area (Å²) in [4.78, 5) is 9.00. The van der Waals surface area contributed by atoms with Gasteiger partial charge in [-0.05, 0) is 48.5 Å². The van der Waals surface area contributed by atoms with E-state index in [1.807, 2.05) is 12.1 Å². The summed E-state index contributed by atoms with van der Waals surface area (Å²) in [5.41, 5.74) is 0.970. The van der Waals surface area contributed by atoms with E-state index in [0.717, 1.165) is 31.6 Å². The molecule has 8 nitrogen and oxygen atoms in total. The van der Waals surface area contributed by atoms with Gasteiger partial charge in [0.25, 0.3) is 0 Å². The maximum absolute atomic E-state index is 5.77. The van der Waals surface area contributed by atoms with Crippen molar-refractivity contribution < 1.29 is 4.74 Å². The van der Waals surface area contributed by atoms with Crippen molar-refractivity contribution in [1.82, 2.24) is 35.5 Å². The summed E-state index contributed by atoms with van der Waals surface area (Å²) in [6, 6.07) is 3.66.